The Morgan fingerprint density at radius 3 is 2.39 bits per heavy atom. The molecule has 0 atom stereocenters. The maximum atomic E-state index is 14.3. The number of aromatic nitrogens is 2. The summed E-state index contributed by atoms with van der Waals surface area (Å²) in [6, 6.07) is 14.9. The highest BCUT2D eigenvalue weighted by molar-refractivity contribution is 7.17. The van der Waals surface area contributed by atoms with Crippen molar-refractivity contribution >= 4 is 45.8 Å². The number of primary amides is 1. The Morgan fingerprint density at radius 2 is 1.71 bits per heavy atom. The smallest absolute Gasteiger partial charge is 0.303 e. The SMILES string of the molecule is CCC(CC)N(CCN(C)C(=O)CCC(=O)O)Cc1cccc(C(=O)Nc2sc3c(c2C(=O)c2cnn(CCc4ccc(C(N)=O)cc4)c2)CCC(C)(C)C3)c1. The van der Waals surface area contributed by atoms with Crippen molar-refractivity contribution in [1.82, 2.24) is 19.6 Å². The fourth-order valence-electron chi connectivity index (χ4n) is 7.29. The molecule has 4 N–H and O–H groups in total. The minimum Gasteiger partial charge on any atom is -0.481 e. The molecule has 5 rings (SSSR count). The molecule has 13 heteroatoms. The van der Waals surface area contributed by atoms with Gasteiger partial charge in [0.1, 0.15) is 5.00 Å². The molecule has 0 saturated carbocycles. The zero-order chi connectivity index (χ0) is 40.6. The monoisotopic (exact) mass is 782 g/mol. The van der Waals surface area contributed by atoms with Crippen LogP contribution in [-0.4, -0.2) is 80.3 Å². The highest BCUT2D eigenvalue weighted by atomic mass is 32.1. The van der Waals surface area contributed by atoms with Gasteiger partial charge >= 0.3 is 5.97 Å². The standard InChI is InChI=1S/C43H54N6O6S/c1-6-33(7-2)48(22-21-47(5)36(50)15-16-37(51)52)26-29-9-8-10-31(23-29)41(55)46-42-38(34-17-19-43(3,4)24-35(34)56-42)39(53)32-25-45-49(27-32)20-18-28-11-13-30(14-12-28)40(44)54/h8-14,23,25,27,33H,6-7,15-22,24,26H2,1-5H3,(H2,44,54)(H,46,55)(H,51,52). The van der Waals surface area contributed by atoms with E-state index >= 15 is 0 Å². The van der Waals surface area contributed by atoms with Crippen LogP contribution in [0.2, 0.25) is 0 Å². The van der Waals surface area contributed by atoms with E-state index in [4.69, 9.17) is 10.8 Å². The molecule has 56 heavy (non-hydrogen) atoms. The molecule has 1 aliphatic rings. The van der Waals surface area contributed by atoms with Gasteiger partial charge in [-0.3, -0.25) is 33.6 Å². The summed E-state index contributed by atoms with van der Waals surface area (Å²) in [5.74, 6) is -2.14. The predicted molar refractivity (Wildman–Crippen MR) is 218 cm³/mol. The van der Waals surface area contributed by atoms with E-state index in [1.165, 1.54) is 11.3 Å². The second-order valence-electron chi connectivity index (χ2n) is 15.5. The van der Waals surface area contributed by atoms with Gasteiger partial charge in [0, 0.05) is 67.9 Å². The van der Waals surface area contributed by atoms with E-state index < -0.39 is 11.9 Å². The molecule has 0 bridgehead atoms. The van der Waals surface area contributed by atoms with Crippen LogP contribution in [0.3, 0.4) is 0 Å². The average Bonchev–Trinajstić information content (AvgIpc) is 3.79. The van der Waals surface area contributed by atoms with Gasteiger partial charge in [-0.2, -0.15) is 5.10 Å². The molecule has 3 amide bonds. The number of carbonyl (C=O) groups is 5. The van der Waals surface area contributed by atoms with Crippen molar-refractivity contribution < 1.29 is 29.1 Å². The number of aliphatic carboxylic acids is 1. The van der Waals surface area contributed by atoms with Crippen LogP contribution in [0.15, 0.2) is 60.9 Å². The zero-order valence-electron chi connectivity index (χ0n) is 33.1. The van der Waals surface area contributed by atoms with Crippen LogP contribution in [0.4, 0.5) is 5.00 Å². The predicted octanol–water partition coefficient (Wildman–Crippen LogP) is 6.60. The number of carbonyl (C=O) groups excluding carboxylic acids is 4. The van der Waals surface area contributed by atoms with Gasteiger partial charge < -0.3 is 21.1 Å². The van der Waals surface area contributed by atoms with Gasteiger partial charge in [-0.05, 0) is 84.9 Å². The van der Waals surface area contributed by atoms with Crippen molar-refractivity contribution in [2.45, 2.75) is 98.2 Å². The molecule has 298 valence electrons. The molecule has 1 aliphatic carbocycles. The number of benzene rings is 2. The fraction of sp³-hybridized carbons (Fsp3) is 0.442. The van der Waals surface area contributed by atoms with Crippen LogP contribution >= 0.6 is 11.3 Å². The lowest BCUT2D eigenvalue weighted by Crippen LogP contribution is -2.41. The number of anilines is 1. The highest BCUT2D eigenvalue weighted by Gasteiger charge is 2.33. The summed E-state index contributed by atoms with van der Waals surface area (Å²) in [6.07, 6.45) is 8.07. The number of nitrogens with zero attached hydrogens (tertiary/aromatic N) is 4. The number of hydrogen-bond acceptors (Lipinski definition) is 8. The van der Waals surface area contributed by atoms with Crippen molar-refractivity contribution in [2.75, 3.05) is 25.5 Å². The summed E-state index contributed by atoms with van der Waals surface area (Å²) in [5.41, 5.74) is 10.3. The Balaban J connectivity index is 1.32. The quantitative estimate of drug-likeness (QED) is 0.0895. The number of aryl methyl sites for hydroxylation is 2. The number of rotatable bonds is 19. The lowest BCUT2D eigenvalue weighted by atomic mass is 9.76. The lowest BCUT2D eigenvalue weighted by molar-refractivity contribution is -0.140. The summed E-state index contributed by atoms with van der Waals surface area (Å²) in [7, 11) is 1.70. The van der Waals surface area contributed by atoms with E-state index in [1.54, 1.807) is 47.2 Å². The number of amides is 3. The van der Waals surface area contributed by atoms with E-state index in [0.717, 1.165) is 53.7 Å². The Kier molecular flexibility index (Phi) is 14.0. The molecule has 0 fully saturated rings. The minimum atomic E-state index is -0.994. The Bertz CT molecular complexity index is 2050. The van der Waals surface area contributed by atoms with Crippen LogP contribution in [0.1, 0.15) is 118 Å². The molecule has 2 aromatic heterocycles. The van der Waals surface area contributed by atoms with Gasteiger partial charge in [0.05, 0.1) is 23.7 Å². The number of carboxylic acids is 1. The van der Waals surface area contributed by atoms with Crippen LogP contribution in [0.5, 0.6) is 0 Å². The van der Waals surface area contributed by atoms with E-state index in [2.05, 4.69) is 43.0 Å². The van der Waals surface area contributed by atoms with Gasteiger partial charge in [0.2, 0.25) is 11.8 Å². The van der Waals surface area contributed by atoms with Crippen molar-refractivity contribution in [3.8, 4) is 0 Å². The molecular formula is C43H54N6O6S. The fourth-order valence-corrected chi connectivity index (χ4v) is 8.78. The van der Waals surface area contributed by atoms with E-state index in [-0.39, 0.29) is 41.9 Å². The second-order valence-corrected chi connectivity index (χ2v) is 16.6. The van der Waals surface area contributed by atoms with E-state index in [0.29, 0.717) is 59.9 Å². The van der Waals surface area contributed by atoms with Crippen molar-refractivity contribution in [1.29, 1.82) is 0 Å². The summed E-state index contributed by atoms with van der Waals surface area (Å²) in [4.78, 5) is 68.2. The van der Waals surface area contributed by atoms with Crippen LogP contribution in [-0.2, 0) is 41.9 Å². The first-order valence-corrected chi connectivity index (χ1v) is 20.2. The third-order valence-electron chi connectivity index (χ3n) is 10.7. The first kappa shape index (κ1) is 42.0. The minimum absolute atomic E-state index is 0.0347. The number of thiophene rings is 1. The topological polar surface area (TPSA) is 168 Å². The maximum absolute atomic E-state index is 14.3. The van der Waals surface area contributed by atoms with Crippen LogP contribution in [0, 0.1) is 5.41 Å². The third kappa shape index (κ3) is 10.8. The number of fused-ring (bicyclic) bond motifs is 1. The van der Waals surface area contributed by atoms with Gasteiger partial charge in [-0.15, -0.1) is 11.3 Å². The molecule has 2 aromatic carbocycles. The Morgan fingerprint density at radius 1 is 0.982 bits per heavy atom. The lowest BCUT2D eigenvalue weighted by Gasteiger charge is -2.32. The largest absolute Gasteiger partial charge is 0.481 e. The van der Waals surface area contributed by atoms with Crippen LogP contribution in [0.25, 0.3) is 0 Å². The third-order valence-corrected chi connectivity index (χ3v) is 11.9. The molecule has 12 nitrogen and oxygen atoms in total. The zero-order valence-corrected chi connectivity index (χ0v) is 33.9. The van der Waals surface area contributed by atoms with Crippen LogP contribution < -0.4 is 11.1 Å². The number of ketones is 1. The maximum Gasteiger partial charge on any atom is 0.303 e. The summed E-state index contributed by atoms with van der Waals surface area (Å²) >= 11 is 1.48. The van der Waals surface area contributed by atoms with Crippen molar-refractivity contribution in [3.63, 3.8) is 0 Å². The van der Waals surface area contributed by atoms with Gasteiger partial charge in [-0.1, -0.05) is 52.0 Å². The average molecular weight is 783 g/mol. The first-order chi connectivity index (χ1) is 26.7. The summed E-state index contributed by atoms with van der Waals surface area (Å²) < 4.78 is 1.74. The van der Waals surface area contributed by atoms with Gasteiger partial charge in [0.25, 0.3) is 5.91 Å². The normalized spacial score (nSPS) is 13.4. The van der Waals surface area contributed by atoms with Crippen molar-refractivity contribution in [2.24, 2.45) is 11.1 Å². The molecule has 2 heterocycles. The number of nitrogens with two attached hydrogens (primary N) is 1. The highest BCUT2D eigenvalue weighted by Crippen LogP contribution is 2.44. The number of hydrogen-bond donors (Lipinski definition) is 3. The number of likely N-dealkylation sites (N-methyl/N-ethyl adjacent to an activating group) is 1. The van der Waals surface area contributed by atoms with E-state index in [9.17, 15) is 24.0 Å². The summed E-state index contributed by atoms with van der Waals surface area (Å²) in [5, 5.41) is 17.1. The number of carboxylic acid groups (broad SMARTS) is 1. The molecule has 0 spiro atoms. The van der Waals surface area contributed by atoms with Gasteiger partial charge in [-0.25, -0.2) is 0 Å². The number of nitrogens with one attached hydrogen (secondary N) is 1. The molecule has 0 unspecified atom stereocenters. The van der Waals surface area contributed by atoms with E-state index in [1.807, 2.05) is 30.3 Å². The second kappa shape index (κ2) is 18.7. The molecule has 4 aromatic rings. The molecule has 0 saturated heterocycles. The molecule has 0 radical (unpaired) electrons. The Hall–Kier alpha value is -5.14. The van der Waals surface area contributed by atoms with Crippen molar-refractivity contribution in [3.05, 3.63) is 105 Å². The summed E-state index contributed by atoms with van der Waals surface area (Å²) in [6.45, 7) is 10.9. The molecule has 0 aliphatic heterocycles. The first-order valence-electron chi connectivity index (χ1n) is 19.4. The Labute approximate surface area is 333 Å². The van der Waals surface area contributed by atoms with Gasteiger partial charge in [0.15, 0.2) is 5.78 Å². The molecular weight excluding hydrogens is 729 g/mol.